The summed E-state index contributed by atoms with van der Waals surface area (Å²) in [5.41, 5.74) is 2.24. The fourth-order valence-electron chi connectivity index (χ4n) is 10.6. The van der Waals surface area contributed by atoms with E-state index < -0.39 is 65.7 Å². The highest BCUT2D eigenvalue weighted by Crippen LogP contribution is 2.38. The van der Waals surface area contributed by atoms with E-state index in [4.69, 9.17) is 23.7 Å². The Kier molecular flexibility index (Phi) is 21.7. The smallest absolute Gasteiger partial charge is 0.329 e. The van der Waals surface area contributed by atoms with Gasteiger partial charge in [-0.1, -0.05) is 77.7 Å². The van der Waals surface area contributed by atoms with Crippen LogP contribution in [0.2, 0.25) is 0 Å². The number of cyclic esters (lactones) is 1. The number of hydrogen-bond acceptors (Lipinski definition) is 12. The summed E-state index contributed by atoms with van der Waals surface area (Å²) in [5, 5.41) is 27.0. The molecule has 3 fully saturated rings. The van der Waals surface area contributed by atoms with Crippen molar-refractivity contribution in [3.8, 4) is 0 Å². The number of aliphatic hydroxyl groups excluding tert-OH is 1. The second-order valence-electron chi connectivity index (χ2n) is 20.1. The maximum absolute atomic E-state index is 14.4. The van der Waals surface area contributed by atoms with Gasteiger partial charge >= 0.3 is 5.97 Å². The molecule has 3 heterocycles. The van der Waals surface area contributed by atoms with E-state index in [0.29, 0.717) is 44.1 Å². The number of aliphatic hydroxyl groups is 2. The third-order valence-electron chi connectivity index (χ3n) is 15.1. The zero-order chi connectivity index (χ0) is 48.9. The molecule has 13 heteroatoms. The lowest BCUT2D eigenvalue weighted by Crippen LogP contribution is -2.61. The van der Waals surface area contributed by atoms with Crippen molar-refractivity contribution in [2.75, 3.05) is 34.9 Å². The van der Waals surface area contributed by atoms with Gasteiger partial charge in [0.15, 0.2) is 0 Å². The first kappa shape index (κ1) is 55.3. The number of piperidine rings is 1. The van der Waals surface area contributed by atoms with Crippen molar-refractivity contribution in [3.05, 3.63) is 59.8 Å². The molecule has 372 valence electrons. The number of likely N-dealkylation sites (N-methyl/N-ethyl adjacent to an activating group) is 1. The van der Waals surface area contributed by atoms with Gasteiger partial charge in [-0.3, -0.25) is 14.4 Å². The van der Waals surface area contributed by atoms with Gasteiger partial charge in [0.2, 0.25) is 5.79 Å². The Morgan fingerprint density at radius 2 is 1.64 bits per heavy atom. The van der Waals surface area contributed by atoms with Gasteiger partial charge in [0.1, 0.15) is 30.1 Å². The number of hydrogen-bond donors (Lipinski definition) is 3. The van der Waals surface area contributed by atoms with E-state index in [0.717, 1.165) is 36.8 Å². The Bertz CT molecular complexity index is 1770. The van der Waals surface area contributed by atoms with Crippen LogP contribution in [-0.4, -0.2) is 128 Å². The van der Waals surface area contributed by atoms with Crippen LogP contribution in [0.5, 0.6) is 0 Å². The number of carbonyl (C=O) groups is 4. The zero-order valence-electron chi connectivity index (χ0n) is 42.0. The predicted molar refractivity (Wildman–Crippen MR) is 256 cm³/mol. The molecule has 1 aliphatic carbocycles. The van der Waals surface area contributed by atoms with Gasteiger partial charge in [0.05, 0.1) is 18.3 Å². The van der Waals surface area contributed by atoms with E-state index >= 15 is 0 Å². The Balaban J connectivity index is 1.70. The SMILES string of the molecule is C=C1[C@H](C)C[C@H](C)/C=C/C=C/C=C(\C)[C@@H](OC)CC2CC[C@@H](C)[C@@](O)(O2)C(=O)C(=O)N2CCCCC2C(=O)O[C@H]([C@H](C)C[C@@H]2CCC(NC)[C@H](OC)C2)CC(=O)[C@H](C)/C=C(\C)[C@@H](O)[C@H]1OC. The molecule has 4 rings (SSSR count). The first-order valence-electron chi connectivity index (χ1n) is 24.6. The van der Waals surface area contributed by atoms with Crippen molar-refractivity contribution in [3.63, 3.8) is 0 Å². The summed E-state index contributed by atoms with van der Waals surface area (Å²) in [4.78, 5) is 58.4. The highest BCUT2D eigenvalue weighted by atomic mass is 16.6. The van der Waals surface area contributed by atoms with Crippen LogP contribution in [0.15, 0.2) is 59.8 Å². The van der Waals surface area contributed by atoms with Crippen LogP contribution in [0.4, 0.5) is 0 Å². The summed E-state index contributed by atoms with van der Waals surface area (Å²) in [6.45, 7) is 17.9. The molecule has 2 saturated heterocycles. The van der Waals surface area contributed by atoms with Crippen LogP contribution >= 0.6 is 0 Å². The molecule has 0 aromatic rings. The molecular weight excluding hydrogens is 841 g/mol. The Morgan fingerprint density at radius 1 is 0.909 bits per heavy atom. The summed E-state index contributed by atoms with van der Waals surface area (Å²) >= 11 is 0. The molecule has 0 radical (unpaired) electrons. The number of esters is 1. The van der Waals surface area contributed by atoms with E-state index in [2.05, 4.69) is 31.8 Å². The van der Waals surface area contributed by atoms with Crippen molar-refractivity contribution in [1.82, 2.24) is 10.2 Å². The van der Waals surface area contributed by atoms with Crippen LogP contribution in [0.25, 0.3) is 0 Å². The molecule has 66 heavy (non-hydrogen) atoms. The Hall–Kier alpha value is -3.30. The average molecular weight is 925 g/mol. The van der Waals surface area contributed by atoms with E-state index in [-0.39, 0.29) is 67.1 Å². The molecule has 0 spiro atoms. The lowest BCUT2D eigenvalue weighted by atomic mass is 9.77. The van der Waals surface area contributed by atoms with Gasteiger partial charge in [0.25, 0.3) is 11.7 Å². The zero-order valence-corrected chi connectivity index (χ0v) is 42.0. The topological polar surface area (TPSA) is 170 Å². The van der Waals surface area contributed by atoms with Gasteiger partial charge in [-0.2, -0.15) is 0 Å². The van der Waals surface area contributed by atoms with E-state index in [9.17, 15) is 29.4 Å². The number of nitrogens with zero attached hydrogens (tertiary/aromatic N) is 1. The minimum Gasteiger partial charge on any atom is -0.460 e. The number of methoxy groups -OCH3 is 3. The number of amides is 1. The Morgan fingerprint density at radius 3 is 2.30 bits per heavy atom. The van der Waals surface area contributed by atoms with Crippen LogP contribution in [0, 0.1) is 35.5 Å². The molecule has 3 unspecified atom stereocenters. The highest BCUT2D eigenvalue weighted by molar-refractivity contribution is 6.39. The van der Waals surface area contributed by atoms with Crippen molar-refractivity contribution in [2.24, 2.45) is 35.5 Å². The van der Waals surface area contributed by atoms with Crippen molar-refractivity contribution in [2.45, 2.75) is 180 Å². The number of ether oxygens (including phenoxy) is 5. The highest BCUT2D eigenvalue weighted by Gasteiger charge is 2.53. The van der Waals surface area contributed by atoms with Gasteiger partial charge < -0.3 is 44.1 Å². The number of nitrogens with one attached hydrogen (secondary N) is 1. The maximum atomic E-state index is 14.4. The molecule has 4 aliphatic rings. The van der Waals surface area contributed by atoms with Gasteiger partial charge in [-0.05, 0) is 125 Å². The number of allylic oxidation sites excluding steroid dienone is 6. The maximum Gasteiger partial charge on any atom is 0.329 e. The fraction of sp³-hybridized carbons (Fsp3) is 0.736. The minimum atomic E-state index is -2.40. The first-order chi connectivity index (χ1) is 31.3. The molecule has 3 N–H and O–H groups in total. The number of ketones is 2. The summed E-state index contributed by atoms with van der Waals surface area (Å²) in [6.07, 6.45) is 15.0. The molecule has 1 saturated carbocycles. The predicted octanol–water partition coefficient (Wildman–Crippen LogP) is 7.39. The van der Waals surface area contributed by atoms with Crippen molar-refractivity contribution < 1.29 is 53.1 Å². The van der Waals surface area contributed by atoms with Crippen molar-refractivity contribution >= 4 is 23.4 Å². The third kappa shape index (κ3) is 14.4. The summed E-state index contributed by atoms with van der Waals surface area (Å²) in [7, 11) is 6.81. The second kappa shape index (κ2) is 25.9. The largest absolute Gasteiger partial charge is 0.460 e. The second-order valence-corrected chi connectivity index (χ2v) is 20.1. The summed E-state index contributed by atoms with van der Waals surface area (Å²) < 4.78 is 30.1. The van der Waals surface area contributed by atoms with Gasteiger partial charge in [0, 0.05) is 58.6 Å². The Labute approximate surface area is 395 Å². The molecular formula is C53H84N2O11. The molecule has 0 aromatic heterocycles. The molecule has 1 amide bonds. The third-order valence-corrected chi connectivity index (χ3v) is 15.1. The minimum absolute atomic E-state index is 0.0124. The van der Waals surface area contributed by atoms with Crippen LogP contribution in [0.3, 0.4) is 0 Å². The molecule has 15 atom stereocenters. The van der Waals surface area contributed by atoms with Gasteiger partial charge in [-0.25, -0.2) is 4.79 Å². The van der Waals surface area contributed by atoms with E-state index in [1.54, 1.807) is 48.2 Å². The number of carbonyl (C=O) groups excluding carboxylic acids is 4. The summed E-state index contributed by atoms with van der Waals surface area (Å²) in [5.74, 6) is -6.46. The van der Waals surface area contributed by atoms with Gasteiger partial charge in [-0.15, -0.1) is 0 Å². The molecule has 0 aromatic carbocycles. The normalized spacial score (nSPS) is 40.0. The average Bonchev–Trinajstić information content (AvgIpc) is 3.30. The van der Waals surface area contributed by atoms with E-state index in [1.807, 2.05) is 45.2 Å². The number of fused-ring (bicyclic) bond motifs is 3. The lowest BCUT2D eigenvalue weighted by molar-refractivity contribution is -0.265. The van der Waals surface area contributed by atoms with E-state index in [1.165, 1.54) is 4.90 Å². The summed E-state index contributed by atoms with van der Waals surface area (Å²) in [6, 6.07) is -0.859. The number of rotatable bonds is 7. The number of Topliss-reactive ketones (excluding diaryl/α,β-unsaturated/α-hetero) is 2. The van der Waals surface area contributed by atoms with Crippen LogP contribution in [-0.2, 0) is 42.9 Å². The quantitative estimate of drug-likeness (QED) is 0.132. The van der Waals surface area contributed by atoms with Crippen molar-refractivity contribution in [1.29, 1.82) is 0 Å². The first-order valence-corrected chi connectivity index (χ1v) is 24.6. The standard InChI is InChI=1S/C53H84N2O11/c1-32-18-14-13-15-19-33(2)45(62-10)30-41-23-21-38(7)53(61,66-41)50(58)51(59)55-25-17-16-20-43(55)52(60)65-46(36(5)28-40-22-24-42(54-9)47(29-40)63-11)31-44(56)35(4)27-37(6)48(57)49(64-12)39(8)34(3)26-32/h13-15,18-19,27,32,34-36,38,40-43,45-49,54,57,61H,8,16-17,20-26,28-31H2,1-7,9-12H3/b15-13+,18-14+,33-19+,37-27+/t32-,34-,35-,36-,38-,40+,41?,42?,43?,45+,46+,47-,48-,49+,53-/m1/s1. The van der Waals surface area contributed by atoms with Crippen LogP contribution < -0.4 is 5.32 Å². The molecule has 3 aliphatic heterocycles. The molecule has 2 bridgehead atoms. The monoisotopic (exact) mass is 925 g/mol. The lowest BCUT2D eigenvalue weighted by Gasteiger charge is -2.42. The molecule has 13 nitrogen and oxygen atoms in total. The fourth-order valence-corrected chi connectivity index (χ4v) is 10.6. The van der Waals surface area contributed by atoms with Crippen LogP contribution in [0.1, 0.15) is 126 Å².